The van der Waals surface area contributed by atoms with E-state index in [1.165, 1.54) is 17.8 Å². The van der Waals surface area contributed by atoms with E-state index in [0.29, 0.717) is 0 Å². The molecule has 0 saturated carbocycles. The third kappa shape index (κ3) is 1.48. The molecule has 0 radical (unpaired) electrons. The van der Waals surface area contributed by atoms with Crippen LogP contribution in [0.15, 0.2) is 28.7 Å². The number of halogens is 2. The third-order valence-corrected chi connectivity index (χ3v) is 3.73. The quantitative estimate of drug-likeness (QED) is 0.783. The van der Waals surface area contributed by atoms with Crippen molar-refractivity contribution in [2.75, 3.05) is 0 Å². The van der Waals surface area contributed by atoms with E-state index in [0.717, 1.165) is 35.1 Å². The van der Waals surface area contributed by atoms with Gasteiger partial charge in [0.05, 0.1) is 10.2 Å². The number of nitrogens with zero attached hydrogens (tertiary/aromatic N) is 2. The topological polar surface area (TPSA) is 17.8 Å². The highest BCUT2D eigenvalue weighted by atomic mass is 79.9. The monoisotopic (exact) mass is 280 g/mol. The first kappa shape index (κ1) is 10.0. The second-order valence-corrected chi connectivity index (χ2v) is 4.74. The number of aromatic nitrogens is 2. The second-order valence-electron chi connectivity index (χ2n) is 3.94. The van der Waals surface area contributed by atoms with Gasteiger partial charge in [-0.1, -0.05) is 0 Å². The van der Waals surface area contributed by atoms with Crippen molar-refractivity contribution in [2.45, 2.75) is 19.4 Å². The number of hydrogen-bond acceptors (Lipinski definition) is 1. The molecular formula is C12H10BrFN2. The zero-order valence-corrected chi connectivity index (χ0v) is 10.2. The molecule has 0 atom stereocenters. The molecule has 82 valence electrons. The summed E-state index contributed by atoms with van der Waals surface area (Å²) in [7, 11) is 0. The Balaban J connectivity index is 2.10. The van der Waals surface area contributed by atoms with Crippen LogP contribution < -0.4 is 0 Å². The fourth-order valence-electron chi connectivity index (χ4n) is 2.09. The number of aryl methyl sites for hydroxylation is 1. The highest BCUT2D eigenvalue weighted by Crippen LogP contribution is 2.33. The standard InChI is InChI=1S/C12H10BrFN2/c13-11-10-2-1-7-16(10)15-12(11)8-3-5-9(14)6-4-8/h3-6H,1-2,7H2. The summed E-state index contributed by atoms with van der Waals surface area (Å²) in [4.78, 5) is 0. The van der Waals surface area contributed by atoms with E-state index in [1.54, 1.807) is 12.1 Å². The summed E-state index contributed by atoms with van der Waals surface area (Å²) in [5.41, 5.74) is 3.12. The molecule has 1 aliphatic heterocycles. The number of benzene rings is 1. The van der Waals surface area contributed by atoms with E-state index < -0.39 is 0 Å². The lowest BCUT2D eigenvalue weighted by atomic mass is 10.1. The zero-order valence-electron chi connectivity index (χ0n) is 8.58. The molecule has 16 heavy (non-hydrogen) atoms. The number of hydrogen-bond donors (Lipinski definition) is 0. The lowest BCUT2D eigenvalue weighted by Gasteiger charge is -1.98. The fraction of sp³-hybridized carbons (Fsp3) is 0.250. The first-order chi connectivity index (χ1) is 7.75. The maximum absolute atomic E-state index is 12.8. The molecule has 0 unspecified atom stereocenters. The van der Waals surface area contributed by atoms with Gasteiger partial charge in [-0.3, -0.25) is 4.68 Å². The highest BCUT2D eigenvalue weighted by molar-refractivity contribution is 9.10. The van der Waals surface area contributed by atoms with Crippen LogP contribution >= 0.6 is 15.9 Å². The molecule has 0 spiro atoms. The van der Waals surface area contributed by atoms with Crippen LogP contribution in [0.4, 0.5) is 4.39 Å². The van der Waals surface area contributed by atoms with Gasteiger partial charge >= 0.3 is 0 Å². The number of fused-ring (bicyclic) bond motifs is 1. The van der Waals surface area contributed by atoms with Crippen LogP contribution in [0.3, 0.4) is 0 Å². The molecule has 0 aliphatic carbocycles. The lowest BCUT2D eigenvalue weighted by Crippen LogP contribution is -1.94. The van der Waals surface area contributed by atoms with Crippen LogP contribution in [0.5, 0.6) is 0 Å². The van der Waals surface area contributed by atoms with Crippen LogP contribution in [0.2, 0.25) is 0 Å². The van der Waals surface area contributed by atoms with Crippen LogP contribution in [0.25, 0.3) is 11.3 Å². The van der Waals surface area contributed by atoms with E-state index >= 15 is 0 Å². The molecule has 4 heteroatoms. The molecule has 1 aromatic heterocycles. The summed E-state index contributed by atoms with van der Waals surface area (Å²) in [6.07, 6.45) is 2.22. The first-order valence-corrected chi connectivity index (χ1v) is 6.06. The lowest BCUT2D eigenvalue weighted by molar-refractivity contribution is 0.628. The normalized spacial score (nSPS) is 14.1. The average molecular weight is 281 g/mol. The predicted octanol–water partition coefficient (Wildman–Crippen LogP) is 3.40. The van der Waals surface area contributed by atoms with Crippen molar-refractivity contribution in [1.82, 2.24) is 9.78 Å². The summed E-state index contributed by atoms with van der Waals surface area (Å²) < 4.78 is 15.9. The molecule has 1 aliphatic rings. The van der Waals surface area contributed by atoms with Crippen molar-refractivity contribution in [2.24, 2.45) is 0 Å². The summed E-state index contributed by atoms with van der Waals surface area (Å²) >= 11 is 3.58. The molecule has 0 fully saturated rings. The van der Waals surface area contributed by atoms with Crippen molar-refractivity contribution in [3.8, 4) is 11.3 Å². The molecule has 0 N–H and O–H groups in total. The number of rotatable bonds is 1. The van der Waals surface area contributed by atoms with Gasteiger partial charge in [0.25, 0.3) is 0 Å². The first-order valence-electron chi connectivity index (χ1n) is 5.27. The van der Waals surface area contributed by atoms with Crippen molar-refractivity contribution < 1.29 is 4.39 Å². The van der Waals surface area contributed by atoms with E-state index in [9.17, 15) is 4.39 Å². The Morgan fingerprint density at radius 1 is 1.25 bits per heavy atom. The van der Waals surface area contributed by atoms with E-state index in [2.05, 4.69) is 21.0 Å². The largest absolute Gasteiger partial charge is 0.268 e. The van der Waals surface area contributed by atoms with Crippen LogP contribution in [-0.2, 0) is 13.0 Å². The molecule has 1 aromatic carbocycles. The van der Waals surface area contributed by atoms with Gasteiger partial charge in [0.2, 0.25) is 0 Å². The SMILES string of the molecule is Fc1ccc(-c2nn3c(c2Br)CCC3)cc1. The Bertz CT molecular complexity index is 531. The smallest absolute Gasteiger partial charge is 0.123 e. The molecular weight excluding hydrogens is 271 g/mol. The molecule has 2 nitrogen and oxygen atoms in total. The average Bonchev–Trinajstić information content (AvgIpc) is 2.84. The van der Waals surface area contributed by atoms with Gasteiger partial charge in [-0.05, 0) is 53.0 Å². The van der Waals surface area contributed by atoms with Crippen molar-refractivity contribution in [1.29, 1.82) is 0 Å². The van der Waals surface area contributed by atoms with Gasteiger partial charge < -0.3 is 0 Å². The van der Waals surface area contributed by atoms with E-state index in [1.807, 2.05) is 4.68 Å². The minimum Gasteiger partial charge on any atom is -0.268 e. The van der Waals surface area contributed by atoms with E-state index in [4.69, 9.17) is 0 Å². The minimum atomic E-state index is -0.216. The highest BCUT2D eigenvalue weighted by Gasteiger charge is 2.20. The maximum atomic E-state index is 12.8. The Kier molecular flexibility index (Phi) is 2.32. The Morgan fingerprint density at radius 3 is 2.69 bits per heavy atom. The molecule has 2 heterocycles. The molecule has 2 aromatic rings. The summed E-state index contributed by atoms with van der Waals surface area (Å²) in [5.74, 6) is -0.216. The Labute approximate surface area is 101 Å². The zero-order chi connectivity index (χ0) is 11.1. The molecule has 0 amide bonds. The third-order valence-electron chi connectivity index (χ3n) is 2.89. The van der Waals surface area contributed by atoms with E-state index in [-0.39, 0.29) is 5.82 Å². The van der Waals surface area contributed by atoms with Crippen molar-refractivity contribution in [3.05, 3.63) is 40.2 Å². The van der Waals surface area contributed by atoms with Gasteiger partial charge in [0.15, 0.2) is 0 Å². The van der Waals surface area contributed by atoms with Gasteiger partial charge in [-0.15, -0.1) is 0 Å². The predicted molar refractivity (Wildman–Crippen MR) is 63.6 cm³/mol. The van der Waals surface area contributed by atoms with Crippen molar-refractivity contribution >= 4 is 15.9 Å². The molecule has 0 saturated heterocycles. The molecule has 3 rings (SSSR count). The van der Waals surface area contributed by atoms with Gasteiger partial charge in [0.1, 0.15) is 11.5 Å². The van der Waals surface area contributed by atoms with Crippen LogP contribution in [0, 0.1) is 5.82 Å². The van der Waals surface area contributed by atoms with Gasteiger partial charge in [-0.2, -0.15) is 5.10 Å². The summed E-state index contributed by atoms with van der Waals surface area (Å²) in [6.45, 7) is 0.981. The Morgan fingerprint density at radius 2 is 2.00 bits per heavy atom. The van der Waals surface area contributed by atoms with Crippen LogP contribution in [-0.4, -0.2) is 9.78 Å². The summed E-state index contributed by atoms with van der Waals surface area (Å²) in [5, 5.41) is 4.54. The maximum Gasteiger partial charge on any atom is 0.123 e. The Hall–Kier alpha value is -1.16. The van der Waals surface area contributed by atoms with Crippen LogP contribution in [0.1, 0.15) is 12.1 Å². The summed E-state index contributed by atoms with van der Waals surface area (Å²) in [6, 6.07) is 6.45. The fourth-order valence-corrected chi connectivity index (χ4v) is 2.80. The molecule has 0 bridgehead atoms. The van der Waals surface area contributed by atoms with Crippen molar-refractivity contribution in [3.63, 3.8) is 0 Å². The second kappa shape index (κ2) is 3.70. The van der Waals surface area contributed by atoms with Gasteiger partial charge in [-0.25, -0.2) is 4.39 Å². The minimum absolute atomic E-state index is 0.216. The van der Waals surface area contributed by atoms with Gasteiger partial charge in [0, 0.05) is 12.1 Å².